The second-order valence-electron chi connectivity index (χ2n) is 4.77. The molecule has 0 fully saturated rings. The van der Waals surface area contributed by atoms with Crippen molar-refractivity contribution >= 4 is 45.0 Å². The third-order valence-electron chi connectivity index (χ3n) is 3.12. The summed E-state index contributed by atoms with van der Waals surface area (Å²) in [5.74, 6) is 0.789. The molecular weight excluding hydrogens is 364 g/mol. The number of aromatic nitrogens is 3. The van der Waals surface area contributed by atoms with Gasteiger partial charge in [0.1, 0.15) is 4.88 Å². The molecule has 0 aromatic carbocycles. The van der Waals surface area contributed by atoms with Crippen LogP contribution in [-0.4, -0.2) is 21.0 Å². The number of nitrogens with one attached hydrogen (secondary N) is 1. The van der Waals surface area contributed by atoms with Gasteiger partial charge in [-0.3, -0.25) is 10.1 Å². The number of anilines is 1. The molecule has 0 atom stereocenters. The van der Waals surface area contributed by atoms with E-state index in [1.807, 2.05) is 35.9 Å². The predicted molar refractivity (Wildman–Crippen MR) is 95.7 cm³/mol. The lowest BCUT2D eigenvalue weighted by Gasteiger charge is -1.96. The van der Waals surface area contributed by atoms with E-state index in [0.717, 1.165) is 15.4 Å². The van der Waals surface area contributed by atoms with Crippen LogP contribution < -0.4 is 5.32 Å². The predicted octanol–water partition coefficient (Wildman–Crippen LogP) is 4.54. The minimum Gasteiger partial charge on any atom is -0.333 e. The molecule has 0 aliphatic carbocycles. The molecule has 0 unspecified atom stereocenters. The van der Waals surface area contributed by atoms with Gasteiger partial charge in [-0.25, -0.2) is 4.98 Å². The van der Waals surface area contributed by atoms with Crippen molar-refractivity contribution in [2.24, 2.45) is 0 Å². The molecule has 1 N–H and O–H groups in total. The van der Waals surface area contributed by atoms with Gasteiger partial charge < -0.3 is 4.52 Å². The molecule has 6 nitrogen and oxygen atoms in total. The molecule has 4 rings (SSSR count). The molecule has 4 heterocycles. The summed E-state index contributed by atoms with van der Waals surface area (Å²) in [6.07, 6.45) is 0. The van der Waals surface area contributed by atoms with Gasteiger partial charge in [-0.05, 0) is 29.8 Å². The number of hydrogen-bond donors (Lipinski definition) is 1. The van der Waals surface area contributed by atoms with Gasteiger partial charge in [0.2, 0.25) is 5.82 Å². The van der Waals surface area contributed by atoms with E-state index >= 15 is 0 Å². The Bertz CT molecular complexity index is 971. The zero-order chi connectivity index (χ0) is 16.5. The van der Waals surface area contributed by atoms with Crippen LogP contribution in [0.4, 0.5) is 5.13 Å². The van der Waals surface area contributed by atoms with E-state index in [-0.39, 0.29) is 5.91 Å². The monoisotopic (exact) mass is 374 g/mol. The highest BCUT2D eigenvalue weighted by Gasteiger charge is 2.19. The standard InChI is InChI=1S/C15H10N4O2S3/c1-8-11(14-17-12(19-21-14)9-4-2-6-22-9)24-15(16-8)18-13(20)10-5-3-7-23-10/h2-7H,1H3,(H,16,18,20). The third kappa shape index (κ3) is 2.88. The maximum Gasteiger partial charge on any atom is 0.270 e. The lowest BCUT2D eigenvalue weighted by molar-refractivity contribution is 0.103. The Hall–Kier alpha value is -2.36. The lowest BCUT2D eigenvalue weighted by atomic mass is 10.4. The van der Waals surface area contributed by atoms with E-state index in [2.05, 4.69) is 20.4 Å². The van der Waals surface area contributed by atoms with Crippen LogP contribution in [0.3, 0.4) is 0 Å². The Morgan fingerprint density at radius 1 is 1.17 bits per heavy atom. The topological polar surface area (TPSA) is 80.9 Å². The highest BCUT2D eigenvalue weighted by Crippen LogP contribution is 2.33. The molecule has 4 aromatic rings. The molecule has 24 heavy (non-hydrogen) atoms. The van der Waals surface area contributed by atoms with Crippen LogP contribution in [-0.2, 0) is 0 Å². The number of amides is 1. The van der Waals surface area contributed by atoms with E-state index in [1.54, 1.807) is 17.4 Å². The molecule has 1 amide bonds. The van der Waals surface area contributed by atoms with Crippen molar-refractivity contribution in [2.45, 2.75) is 6.92 Å². The first-order chi connectivity index (χ1) is 11.7. The Morgan fingerprint density at radius 2 is 2.00 bits per heavy atom. The maximum absolute atomic E-state index is 12.1. The Morgan fingerprint density at radius 3 is 2.75 bits per heavy atom. The summed E-state index contributed by atoms with van der Waals surface area (Å²) in [6, 6.07) is 7.48. The van der Waals surface area contributed by atoms with E-state index in [0.29, 0.717) is 21.7 Å². The fraction of sp³-hybridized carbons (Fsp3) is 0.0667. The SMILES string of the molecule is Cc1nc(NC(=O)c2cccs2)sc1-c1nc(-c2cccs2)no1. The summed E-state index contributed by atoms with van der Waals surface area (Å²) in [5, 5.41) is 11.1. The Kier molecular flexibility index (Phi) is 3.97. The number of thiazole rings is 1. The smallest absolute Gasteiger partial charge is 0.270 e. The van der Waals surface area contributed by atoms with Gasteiger partial charge in [0.25, 0.3) is 11.8 Å². The summed E-state index contributed by atoms with van der Waals surface area (Å²) >= 11 is 4.25. The molecule has 4 aromatic heterocycles. The van der Waals surface area contributed by atoms with Crippen molar-refractivity contribution < 1.29 is 9.32 Å². The van der Waals surface area contributed by atoms with E-state index in [1.165, 1.54) is 22.7 Å². The average Bonchev–Trinajstić information content (AvgIpc) is 3.35. The van der Waals surface area contributed by atoms with Crippen LogP contribution in [0, 0.1) is 6.92 Å². The van der Waals surface area contributed by atoms with Crippen molar-refractivity contribution in [3.63, 3.8) is 0 Å². The third-order valence-corrected chi connectivity index (χ3v) is 5.92. The molecule has 0 saturated heterocycles. The van der Waals surface area contributed by atoms with Gasteiger partial charge in [-0.2, -0.15) is 4.98 Å². The summed E-state index contributed by atoms with van der Waals surface area (Å²) in [6.45, 7) is 1.85. The van der Waals surface area contributed by atoms with Crippen LogP contribution in [0.5, 0.6) is 0 Å². The van der Waals surface area contributed by atoms with Crippen LogP contribution in [0.25, 0.3) is 21.5 Å². The number of carbonyl (C=O) groups is 1. The van der Waals surface area contributed by atoms with E-state index < -0.39 is 0 Å². The first-order valence-corrected chi connectivity index (χ1v) is 9.48. The van der Waals surface area contributed by atoms with Gasteiger partial charge in [0.05, 0.1) is 15.4 Å². The number of thiophene rings is 2. The maximum atomic E-state index is 12.1. The van der Waals surface area contributed by atoms with Crippen LogP contribution >= 0.6 is 34.0 Å². The fourth-order valence-electron chi connectivity index (χ4n) is 2.04. The average molecular weight is 374 g/mol. The fourth-order valence-corrected chi connectivity index (χ4v) is 4.19. The van der Waals surface area contributed by atoms with E-state index in [4.69, 9.17) is 4.52 Å². The lowest BCUT2D eigenvalue weighted by Crippen LogP contribution is -2.09. The van der Waals surface area contributed by atoms with Crippen molar-refractivity contribution in [1.82, 2.24) is 15.1 Å². The normalized spacial score (nSPS) is 10.9. The molecule has 9 heteroatoms. The van der Waals surface area contributed by atoms with Crippen molar-refractivity contribution in [3.05, 3.63) is 45.6 Å². The Labute approximate surface area is 148 Å². The minimum atomic E-state index is -0.171. The van der Waals surface area contributed by atoms with Crippen LogP contribution in [0.1, 0.15) is 15.4 Å². The van der Waals surface area contributed by atoms with Crippen molar-refractivity contribution in [1.29, 1.82) is 0 Å². The minimum absolute atomic E-state index is 0.171. The van der Waals surface area contributed by atoms with Crippen molar-refractivity contribution in [2.75, 3.05) is 5.32 Å². The first-order valence-electron chi connectivity index (χ1n) is 6.91. The number of rotatable bonds is 4. The second kappa shape index (κ2) is 6.27. The van der Waals surface area contributed by atoms with Gasteiger partial charge in [0, 0.05) is 0 Å². The first kappa shape index (κ1) is 15.2. The summed E-state index contributed by atoms with van der Waals surface area (Å²) < 4.78 is 5.35. The molecule has 120 valence electrons. The second-order valence-corrected chi connectivity index (χ2v) is 7.66. The highest BCUT2D eigenvalue weighted by molar-refractivity contribution is 7.19. The highest BCUT2D eigenvalue weighted by atomic mass is 32.1. The van der Waals surface area contributed by atoms with Crippen LogP contribution in [0.2, 0.25) is 0 Å². The largest absolute Gasteiger partial charge is 0.333 e. The number of hydrogen-bond acceptors (Lipinski definition) is 8. The molecular formula is C15H10N4O2S3. The summed E-state index contributed by atoms with van der Waals surface area (Å²) in [5.41, 5.74) is 0.739. The molecule has 0 radical (unpaired) electrons. The van der Waals surface area contributed by atoms with Crippen LogP contribution in [0.15, 0.2) is 39.5 Å². The number of nitrogens with zero attached hydrogens (tertiary/aromatic N) is 3. The quantitative estimate of drug-likeness (QED) is 0.567. The number of carbonyl (C=O) groups excluding carboxylic acids is 1. The van der Waals surface area contributed by atoms with Crippen molar-refractivity contribution in [3.8, 4) is 21.5 Å². The Balaban J connectivity index is 1.59. The summed E-state index contributed by atoms with van der Waals surface area (Å²) in [4.78, 5) is 23.2. The molecule has 0 aliphatic heterocycles. The summed E-state index contributed by atoms with van der Waals surface area (Å²) in [7, 11) is 0. The molecule has 0 spiro atoms. The van der Waals surface area contributed by atoms with Gasteiger partial charge in [-0.15, -0.1) is 22.7 Å². The van der Waals surface area contributed by atoms with Gasteiger partial charge >= 0.3 is 0 Å². The zero-order valence-corrected chi connectivity index (χ0v) is 14.8. The van der Waals surface area contributed by atoms with Gasteiger partial charge in [-0.1, -0.05) is 28.6 Å². The molecule has 0 saturated carbocycles. The molecule has 0 aliphatic rings. The zero-order valence-electron chi connectivity index (χ0n) is 12.3. The molecule has 0 bridgehead atoms. The van der Waals surface area contributed by atoms with E-state index in [9.17, 15) is 4.79 Å². The van der Waals surface area contributed by atoms with Gasteiger partial charge in [0.15, 0.2) is 5.13 Å². The number of aryl methyl sites for hydroxylation is 1.